The molecule has 1 heterocycles. The Morgan fingerprint density at radius 1 is 1.30 bits per heavy atom. The second kappa shape index (κ2) is 7.19. The minimum absolute atomic E-state index is 0.0762. The zero-order valence-electron chi connectivity index (χ0n) is 16.5. The number of carbonyl (C=O) groups excluding carboxylic acids is 1. The van der Waals surface area contributed by atoms with Crippen LogP contribution in [0.15, 0.2) is 22.6 Å². The van der Waals surface area contributed by atoms with Crippen molar-refractivity contribution in [2.24, 2.45) is 23.5 Å². The smallest absolute Gasteiger partial charge is 0.223 e. The SMILES string of the molecule is COc1ccc2oc(C(C)NC(=O)C3CC4CCCC(C3)C4N)c(C)c2c1. The molecule has 0 saturated heterocycles. The number of rotatable bonds is 4. The van der Waals surface area contributed by atoms with Gasteiger partial charge in [-0.25, -0.2) is 0 Å². The van der Waals surface area contributed by atoms with Crippen molar-refractivity contribution in [1.29, 1.82) is 0 Å². The average Bonchev–Trinajstić information content (AvgIpc) is 2.97. The van der Waals surface area contributed by atoms with E-state index in [1.807, 2.05) is 32.0 Å². The number of hydrogen-bond acceptors (Lipinski definition) is 4. The van der Waals surface area contributed by atoms with Gasteiger partial charge < -0.3 is 20.2 Å². The van der Waals surface area contributed by atoms with Gasteiger partial charge in [0.2, 0.25) is 5.91 Å². The molecule has 3 atom stereocenters. The molecule has 0 radical (unpaired) electrons. The van der Waals surface area contributed by atoms with Crippen LogP contribution in [-0.2, 0) is 4.79 Å². The standard InChI is InChI=1S/C22H30N2O3/c1-12-18-11-17(26-3)7-8-19(18)27-21(12)13(2)24-22(25)16-9-14-5-4-6-15(10-16)20(14)23/h7-8,11,13-16,20H,4-6,9-10,23H2,1-3H3,(H,24,25). The Hall–Kier alpha value is -2.01. The fourth-order valence-electron chi connectivity index (χ4n) is 5.16. The molecule has 2 saturated carbocycles. The molecule has 0 aliphatic heterocycles. The molecule has 1 amide bonds. The van der Waals surface area contributed by atoms with E-state index < -0.39 is 0 Å². The Labute approximate surface area is 160 Å². The van der Waals surface area contributed by atoms with Crippen molar-refractivity contribution in [3.63, 3.8) is 0 Å². The minimum atomic E-state index is -0.161. The highest BCUT2D eigenvalue weighted by molar-refractivity contribution is 5.84. The molecule has 2 bridgehead atoms. The quantitative estimate of drug-likeness (QED) is 0.850. The fourth-order valence-corrected chi connectivity index (χ4v) is 5.16. The van der Waals surface area contributed by atoms with Crippen molar-refractivity contribution in [2.75, 3.05) is 7.11 Å². The van der Waals surface area contributed by atoms with Crippen LogP contribution >= 0.6 is 0 Å². The topological polar surface area (TPSA) is 77.5 Å². The number of furan rings is 1. The Bertz CT molecular complexity index is 829. The first-order valence-electron chi connectivity index (χ1n) is 10.1. The highest BCUT2D eigenvalue weighted by Crippen LogP contribution is 2.42. The van der Waals surface area contributed by atoms with E-state index in [0.717, 1.165) is 40.9 Å². The number of nitrogens with two attached hydrogens (primary N) is 1. The second-order valence-electron chi connectivity index (χ2n) is 8.38. The number of methoxy groups -OCH3 is 1. The first-order chi connectivity index (χ1) is 13.0. The molecular weight excluding hydrogens is 340 g/mol. The van der Waals surface area contributed by atoms with Crippen LogP contribution in [-0.4, -0.2) is 19.1 Å². The van der Waals surface area contributed by atoms with Crippen LogP contribution in [0.2, 0.25) is 0 Å². The number of ether oxygens (including phenoxy) is 1. The van der Waals surface area contributed by atoms with Gasteiger partial charge in [0, 0.05) is 22.9 Å². The van der Waals surface area contributed by atoms with Crippen molar-refractivity contribution < 1.29 is 13.9 Å². The maximum Gasteiger partial charge on any atom is 0.223 e. The number of aryl methyl sites for hydroxylation is 1. The van der Waals surface area contributed by atoms with E-state index in [4.69, 9.17) is 14.9 Å². The summed E-state index contributed by atoms with van der Waals surface area (Å²) >= 11 is 0. The summed E-state index contributed by atoms with van der Waals surface area (Å²) in [6.07, 6.45) is 5.44. The predicted octanol–water partition coefficient (Wildman–Crippen LogP) is 4.08. The van der Waals surface area contributed by atoms with E-state index in [1.165, 1.54) is 19.3 Å². The zero-order chi connectivity index (χ0) is 19.1. The Kier molecular flexibility index (Phi) is 4.89. The van der Waals surface area contributed by atoms with E-state index in [2.05, 4.69) is 5.32 Å². The van der Waals surface area contributed by atoms with Crippen LogP contribution in [0.5, 0.6) is 5.75 Å². The molecule has 1 aromatic heterocycles. The summed E-state index contributed by atoms with van der Waals surface area (Å²) in [6.45, 7) is 4.03. The van der Waals surface area contributed by atoms with Crippen molar-refractivity contribution in [3.8, 4) is 5.75 Å². The molecule has 0 spiro atoms. The lowest BCUT2D eigenvalue weighted by Gasteiger charge is -2.43. The Morgan fingerprint density at radius 2 is 2.00 bits per heavy atom. The summed E-state index contributed by atoms with van der Waals surface area (Å²) in [5.41, 5.74) is 8.25. The summed E-state index contributed by atoms with van der Waals surface area (Å²) in [7, 11) is 1.66. The maximum absolute atomic E-state index is 12.9. The third kappa shape index (κ3) is 3.33. The van der Waals surface area contributed by atoms with Crippen LogP contribution < -0.4 is 15.8 Å². The number of benzene rings is 1. The number of hydrogen-bond donors (Lipinski definition) is 2. The third-order valence-corrected chi connectivity index (χ3v) is 6.72. The van der Waals surface area contributed by atoms with Crippen LogP contribution in [0.4, 0.5) is 0 Å². The van der Waals surface area contributed by atoms with Gasteiger partial charge in [-0.05, 0) is 69.6 Å². The van der Waals surface area contributed by atoms with E-state index in [-0.39, 0.29) is 23.9 Å². The lowest BCUT2D eigenvalue weighted by atomic mass is 9.65. The molecule has 27 heavy (non-hydrogen) atoms. The Morgan fingerprint density at radius 3 is 2.67 bits per heavy atom. The van der Waals surface area contributed by atoms with Gasteiger partial charge in [0.05, 0.1) is 13.2 Å². The number of nitrogens with one attached hydrogen (secondary N) is 1. The van der Waals surface area contributed by atoms with Crippen LogP contribution in [0.1, 0.15) is 56.4 Å². The summed E-state index contributed by atoms with van der Waals surface area (Å²) in [5, 5.41) is 4.23. The van der Waals surface area contributed by atoms with Gasteiger partial charge in [0.25, 0.3) is 0 Å². The van der Waals surface area contributed by atoms with Gasteiger partial charge in [-0.2, -0.15) is 0 Å². The summed E-state index contributed by atoms with van der Waals surface area (Å²) in [4.78, 5) is 12.9. The van der Waals surface area contributed by atoms with E-state index in [1.54, 1.807) is 7.11 Å². The first kappa shape index (κ1) is 18.4. The van der Waals surface area contributed by atoms with Gasteiger partial charge in [-0.3, -0.25) is 4.79 Å². The maximum atomic E-state index is 12.9. The van der Waals surface area contributed by atoms with Crippen molar-refractivity contribution in [3.05, 3.63) is 29.5 Å². The molecule has 3 N–H and O–H groups in total. The molecule has 2 aliphatic rings. The number of amides is 1. The highest BCUT2D eigenvalue weighted by atomic mass is 16.5. The lowest BCUT2D eigenvalue weighted by molar-refractivity contribution is -0.128. The number of fused-ring (bicyclic) bond motifs is 3. The Balaban J connectivity index is 1.49. The molecule has 2 fully saturated rings. The van der Waals surface area contributed by atoms with Gasteiger partial charge in [-0.15, -0.1) is 0 Å². The van der Waals surface area contributed by atoms with Crippen LogP contribution in [0, 0.1) is 24.7 Å². The molecule has 2 aliphatic carbocycles. The predicted molar refractivity (Wildman–Crippen MR) is 106 cm³/mol. The zero-order valence-corrected chi connectivity index (χ0v) is 16.5. The van der Waals surface area contributed by atoms with Gasteiger partial charge in [0.15, 0.2) is 0 Å². The monoisotopic (exact) mass is 370 g/mol. The van der Waals surface area contributed by atoms with Crippen molar-refractivity contribution in [1.82, 2.24) is 5.32 Å². The molecule has 2 aromatic rings. The fraction of sp³-hybridized carbons (Fsp3) is 0.591. The van der Waals surface area contributed by atoms with E-state index in [9.17, 15) is 4.79 Å². The summed E-state index contributed by atoms with van der Waals surface area (Å²) in [6, 6.07) is 5.92. The van der Waals surface area contributed by atoms with Crippen LogP contribution in [0.3, 0.4) is 0 Å². The van der Waals surface area contributed by atoms with E-state index in [0.29, 0.717) is 11.8 Å². The second-order valence-corrected chi connectivity index (χ2v) is 8.38. The normalized spacial score (nSPS) is 28.7. The molecule has 4 rings (SSSR count). The van der Waals surface area contributed by atoms with Crippen LogP contribution in [0.25, 0.3) is 11.0 Å². The minimum Gasteiger partial charge on any atom is -0.497 e. The van der Waals surface area contributed by atoms with Crippen molar-refractivity contribution >= 4 is 16.9 Å². The highest BCUT2D eigenvalue weighted by Gasteiger charge is 2.40. The first-order valence-corrected chi connectivity index (χ1v) is 10.1. The van der Waals surface area contributed by atoms with Gasteiger partial charge >= 0.3 is 0 Å². The summed E-state index contributed by atoms with van der Waals surface area (Å²) in [5.74, 6) is 2.85. The summed E-state index contributed by atoms with van der Waals surface area (Å²) < 4.78 is 11.4. The molecule has 1 aromatic carbocycles. The lowest BCUT2D eigenvalue weighted by Crippen LogP contribution is -2.49. The largest absolute Gasteiger partial charge is 0.497 e. The van der Waals surface area contributed by atoms with E-state index >= 15 is 0 Å². The number of carbonyl (C=O) groups is 1. The molecular formula is C22H30N2O3. The molecule has 146 valence electrons. The van der Waals surface area contributed by atoms with Crippen molar-refractivity contribution in [2.45, 2.75) is 58.0 Å². The molecule has 5 heteroatoms. The third-order valence-electron chi connectivity index (χ3n) is 6.72. The van der Waals surface area contributed by atoms with Gasteiger partial charge in [0.1, 0.15) is 17.1 Å². The molecule has 3 unspecified atom stereocenters. The average molecular weight is 370 g/mol. The van der Waals surface area contributed by atoms with Gasteiger partial charge in [-0.1, -0.05) is 6.42 Å². The molecule has 5 nitrogen and oxygen atoms in total.